The van der Waals surface area contributed by atoms with Crippen molar-refractivity contribution in [3.8, 4) is 0 Å². The molecule has 3 nitrogen and oxygen atoms in total. The summed E-state index contributed by atoms with van der Waals surface area (Å²) < 4.78 is 0. The van der Waals surface area contributed by atoms with Gasteiger partial charge in [-0.2, -0.15) is 0 Å². The van der Waals surface area contributed by atoms with Gasteiger partial charge in [0.2, 0.25) is 5.91 Å². The lowest BCUT2D eigenvalue weighted by Crippen LogP contribution is -2.57. The number of rotatable bonds is 4. The van der Waals surface area contributed by atoms with E-state index >= 15 is 0 Å². The molecule has 1 amide bonds. The maximum absolute atomic E-state index is 12.4. The average Bonchev–Trinajstić information content (AvgIpc) is 2.91. The quantitative estimate of drug-likeness (QED) is 0.863. The van der Waals surface area contributed by atoms with Crippen molar-refractivity contribution in [2.75, 3.05) is 31.1 Å². The minimum absolute atomic E-state index is 0.180. The Balaban J connectivity index is 1.33. The summed E-state index contributed by atoms with van der Waals surface area (Å²) in [6.45, 7) is 6.20. The molecule has 124 valence electrons. The first kappa shape index (κ1) is 15.4. The van der Waals surface area contributed by atoms with E-state index in [1.54, 1.807) is 0 Å². The molecule has 0 saturated carbocycles. The highest BCUT2D eigenvalue weighted by Crippen LogP contribution is 2.41. The molecule has 2 saturated heterocycles. The molecule has 0 unspecified atom stereocenters. The van der Waals surface area contributed by atoms with Gasteiger partial charge in [0.1, 0.15) is 0 Å². The van der Waals surface area contributed by atoms with Gasteiger partial charge in [-0.3, -0.25) is 4.79 Å². The zero-order valence-electron chi connectivity index (χ0n) is 14.2. The summed E-state index contributed by atoms with van der Waals surface area (Å²) in [6.07, 6.45) is 1.79. The lowest BCUT2D eigenvalue weighted by molar-refractivity contribution is -0.119. The Bertz CT molecular complexity index is 735. The molecular weight excluding hydrogens is 296 g/mol. The molecule has 2 aromatic rings. The number of carbonyl (C=O) groups is 1. The van der Waals surface area contributed by atoms with Gasteiger partial charge in [-0.05, 0) is 31.0 Å². The van der Waals surface area contributed by atoms with Crippen LogP contribution in [0.25, 0.3) is 0 Å². The summed E-state index contributed by atoms with van der Waals surface area (Å²) in [7, 11) is 0. The number of carbonyl (C=O) groups excluding carboxylic acids is 1. The zero-order chi connectivity index (χ0) is 16.6. The Labute approximate surface area is 143 Å². The van der Waals surface area contributed by atoms with Crippen LogP contribution < -0.4 is 4.90 Å². The number of likely N-dealkylation sites (tertiary alicyclic amines) is 1. The second-order valence-electron chi connectivity index (χ2n) is 7.44. The normalized spacial score (nSPS) is 19.7. The standard InChI is InChI=1S/C21H24N2O/c1-17-6-5-7-18(12-17)10-11-22-14-21(15-22)13-20(24)23(16-21)19-8-3-2-4-9-19/h2-9,12H,10-11,13-16H2,1H3. The van der Waals surface area contributed by atoms with Gasteiger partial charge in [0.15, 0.2) is 0 Å². The SMILES string of the molecule is Cc1cccc(CCN2CC3(CC(=O)N(c4ccccc4)C3)C2)c1. The Morgan fingerprint density at radius 1 is 1.00 bits per heavy atom. The maximum Gasteiger partial charge on any atom is 0.227 e. The molecule has 0 radical (unpaired) electrons. The zero-order valence-corrected chi connectivity index (χ0v) is 14.2. The summed E-state index contributed by atoms with van der Waals surface area (Å²) in [6, 6.07) is 18.8. The van der Waals surface area contributed by atoms with Gasteiger partial charge in [-0.15, -0.1) is 0 Å². The largest absolute Gasteiger partial charge is 0.312 e. The molecule has 0 aromatic heterocycles. The van der Waals surface area contributed by atoms with E-state index in [0.29, 0.717) is 6.42 Å². The van der Waals surface area contributed by atoms with Crippen LogP contribution in [-0.4, -0.2) is 37.0 Å². The van der Waals surface area contributed by atoms with Crippen LogP contribution in [0.15, 0.2) is 54.6 Å². The van der Waals surface area contributed by atoms with Crippen molar-refractivity contribution in [1.82, 2.24) is 4.90 Å². The van der Waals surface area contributed by atoms with Crippen LogP contribution in [0.2, 0.25) is 0 Å². The smallest absolute Gasteiger partial charge is 0.227 e. The number of aryl methyl sites for hydroxylation is 1. The van der Waals surface area contributed by atoms with Gasteiger partial charge in [0.25, 0.3) is 0 Å². The Morgan fingerprint density at radius 3 is 2.54 bits per heavy atom. The van der Waals surface area contributed by atoms with E-state index in [-0.39, 0.29) is 11.3 Å². The predicted octanol–water partition coefficient (Wildman–Crippen LogP) is 3.28. The number of para-hydroxylation sites is 1. The van der Waals surface area contributed by atoms with Crippen LogP contribution in [-0.2, 0) is 11.2 Å². The fourth-order valence-corrected chi connectivity index (χ4v) is 4.17. The fourth-order valence-electron chi connectivity index (χ4n) is 4.17. The van der Waals surface area contributed by atoms with Gasteiger partial charge in [0.05, 0.1) is 0 Å². The first-order chi connectivity index (χ1) is 11.6. The molecule has 3 heteroatoms. The highest BCUT2D eigenvalue weighted by Gasteiger charge is 2.51. The van der Waals surface area contributed by atoms with Crippen molar-refractivity contribution in [1.29, 1.82) is 0 Å². The van der Waals surface area contributed by atoms with E-state index in [4.69, 9.17) is 0 Å². The number of amides is 1. The highest BCUT2D eigenvalue weighted by atomic mass is 16.2. The second-order valence-corrected chi connectivity index (χ2v) is 7.44. The van der Waals surface area contributed by atoms with Crippen molar-refractivity contribution in [2.45, 2.75) is 19.8 Å². The average molecular weight is 320 g/mol. The third-order valence-electron chi connectivity index (χ3n) is 5.31. The van der Waals surface area contributed by atoms with Crippen molar-refractivity contribution in [3.05, 3.63) is 65.7 Å². The van der Waals surface area contributed by atoms with E-state index in [9.17, 15) is 4.79 Å². The monoisotopic (exact) mass is 320 g/mol. The molecule has 0 aliphatic carbocycles. The number of nitrogens with zero attached hydrogens (tertiary/aromatic N) is 2. The van der Waals surface area contributed by atoms with E-state index in [0.717, 1.165) is 38.3 Å². The van der Waals surface area contributed by atoms with Crippen molar-refractivity contribution in [2.24, 2.45) is 5.41 Å². The lowest BCUT2D eigenvalue weighted by Gasteiger charge is -2.47. The minimum atomic E-state index is 0.180. The van der Waals surface area contributed by atoms with E-state index < -0.39 is 0 Å². The van der Waals surface area contributed by atoms with Crippen molar-refractivity contribution >= 4 is 11.6 Å². The first-order valence-electron chi connectivity index (χ1n) is 8.77. The maximum atomic E-state index is 12.4. The molecule has 4 rings (SSSR count). The minimum Gasteiger partial charge on any atom is -0.312 e. The van der Waals surface area contributed by atoms with Gasteiger partial charge >= 0.3 is 0 Å². The molecule has 2 aromatic carbocycles. The topological polar surface area (TPSA) is 23.6 Å². The van der Waals surface area contributed by atoms with Crippen LogP contribution in [0.3, 0.4) is 0 Å². The number of hydrogen-bond donors (Lipinski definition) is 0. The van der Waals surface area contributed by atoms with E-state index in [1.807, 2.05) is 35.2 Å². The van der Waals surface area contributed by atoms with Crippen molar-refractivity contribution < 1.29 is 4.79 Å². The third kappa shape index (κ3) is 2.96. The van der Waals surface area contributed by atoms with Crippen LogP contribution in [0.4, 0.5) is 5.69 Å². The summed E-state index contributed by atoms with van der Waals surface area (Å²) in [5.41, 5.74) is 3.95. The number of benzene rings is 2. The fraction of sp³-hybridized carbons (Fsp3) is 0.381. The lowest BCUT2D eigenvalue weighted by atomic mass is 9.79. The van der Waals surface area contributed by atoms with Gasteiger partial charge in [-0.1, -0.05) is 48.0 Å². The van der Waals surface area contributed by atoms with E-state index in [1.165, 1.54) is 11.1 Å². The predicted molar refractivity (Wildman–Crippen MR) is 97.2 cm³/mol. The third-order valence-corrected chi connectivity index (χ3v) is 5.31. The number of hydrogen-bond acceptors (Lipinski definition) is 2. The highest BCUT2D eigenvalue weighted by molar-refractivity contribution is 5.96. The van der Waals surface area contributed by atoms with Crippen LogP contribution >= 0.6 is 0 Å². The molecule has 1 spiro atoms. The Hall–Kier alpha value is -2.13. The molecule has 2 fully saturated rings. The number of anilines is 1. The summed E-state index contributed by atoms with van der Waals surface area (Å²) in [5.74, 6) is 0.277. The van der Waals surface area contributed by atoms with Gasteiger partial charge in [0, 0.05) is 43.7 Å². The molecule has 0 atom stereocenters. The van der Waals surface area contributed by atoms with Gasteiger partial charge in [-0.25, -0.2) is 0 Å². The molecule has 2 heterocycles. The first-order valence-corrected chi connectivity index (χ1v) is 8.77. The van der Waals surface area contributed by atoms with Gasteiger partial charge < -0.3 is 9.80 Å². The molecule has 0 N–H and O–H groups in total. The summed E-state index contributed by atoms with van der Waals surface area (Å²) in [5, 5.41) is 0. The molecule has 2 aliphatic heterocycles. The second kappa shape index (κ2) is 6.06. The van der Waals surface area contributed by atoms with Crippen LogP contribution in [0.1, 0.15) is 17.5 Å². The summed E-state index contributed by atoms with van der Waals surface area (Å²) >= 11 is 0. The van der Waals surface area contributed by atoms with E-state index in [2.05, 4.69) is 36.1 Å². The van der Waals surface area contributed by atoms with Crippen molar-refractivity contribution in [3.63, 3.8) is 0 Å². The van der Waals surface area contributed by atoms with Crippen LogP contribution in [0.5, 0.6) is 0 Å². The Kier molecular flexibility index (Phi) is 3.89. The molecule has 0 bridgehead atoms. The van der Waals surface area contributed by atoms with Crippen LogP contribution in [0, 0.1) is 12.3 Å². The summed E-state index contributed by atoms with van der Waals surface area (Å²) in [4.78, 5) is 16.9. The molecule has 2 aliphatic rings. The molecular formula is C21H24N2O. The Morgan fingerprint density at radius 2 is 1.79 bits per heavy atom. The molecule has 24 heavy (non-hydrogen) atoms.